The molecular formula is C15H14F3NO2. The third kappa shape index (κ3) is 2.68. The number of furan rings is 1. The fraction of sp³-hybridized carbons (Fsp3) is 0.400. The zero-order chi connectivity index (χ0) is 15.2. The molecule has 1 aliphatic rings. The maximum absolute atomic E-state index is 12.9. The minimum atomic E-state index is -4.54. The molecule has 1 saturated carbocycles. The molecule has 1 aliphatic carbocycles. The van der Waals surface area contributed by atoms with Gasteiger partial charge in [0.15, 0.2) is 0 Å². The van der Waals surface area contributed by atoms with Crippen LogP contribution in [0.4, 0.5) is 13.2 Å². The van der Waals surface area contributed by atoms with Crippen LogP contribution in [0.25, 0.3) is 0 Å². The lowest BCUT2D eigenvalue weighted by molar-refractivity contribution is -0.139. The van der Waals surface area contributed by atoms with Crippen LogP contribution >= 0.6 is 0 Å². The Morgan fingerprint density at radius 2 is 2.05 bits per heavy atom. The Hall–Kier alpha value is -1.82. The molecule has 0 saturated heterocycles. The van der Waals surface area contributed by atoms with Gasteiger partial charge in [0.05, 0.1) is 5.56 Å². The van der Waals surface area contributed by atoms with Crippen molar-refractivity contribution >= 4 is 0 Å². The van der Waals surface area contributed by atoms with Crippen LogP contribution in [0.5, 0.6) is 0 Å². The molecule has 3 nitrogen and oxygen atoms in total. The second-order valence-electron chi connectivity index (χ2n) is 5.42. The number of rotatable bonds is 3. The molecule has 1 N–H and O–H groups in total. The molecule has 0 amide bonds. The van der Waals surface area contributed by atoms with Crippen molar-refractivity contribution in [2.75, 3.05) is 0 Å². The highest BCUT2D eigenvalue weighted by molar-refractivity contribution is 5.33. The molecule has 0 radical (unpaired) electrons. The first kappa shape index (κ1) is 14.1. The summed E-state index contributed by atoms with van der Waals surface area (Å²) in [6.45, 7) is 2.08. The average molecular weight is 297 g/mol. The molecule has 0 aromatic carbocycles. The molecule has 0 aliphatic heterocycles. The summed E-state index contributed by atoms with van der Waals surface area (Å²) in [7, 11) is 0. The maximum atomic E-state index is 12.9. The predicted octanol–water partition coefficient (Wildman–Crippen LogP) is 3.90. The number of alkyl halides is 3. The molecule has 2 aromatic heterocycles. The van der Waals surface area contributed by atoms with Gasteiger partial charge < -0.3 is 9.52 Å². The second-order valence-corrected chi connectivity index (χ2v) is 5.42. The molecule has 3 unspecified atom stereocenters. The molecule has 0 spiro atoms. The number of hydrogen-bond donors (Lipinski definition) is 1. The smallest absolute Gasteiger partial charge is 0.416 e. The number of aromatic nitrogens is 1. The van der Waals surface area contributed by atoms with E-state index in [1.165, 1.54) is 6.07 Å². The highest BCUT2D eigenvalue weighted by atomic mass is 19.4. The van der Waals surface area contributed by atoms with Gasteiger partial charge in [-0.2, -0.15) is 13.2 Å². The summed E-state index contributed by atoms with van der Waals surface area (Å²) >= 11 is 0. The number of halogens is 3. The summed E-state index contributed by atoms with van der Waals surface area (Å²) in [4.78, 5) is 3.67. The number of aliphatic hydroxyl groups is 1. The van der Waals surface area contributed by atoms with E-state index in [-0.39, 0.29) is 11.3 Å². The van der Waals surface area contributed by atoms with E-state index >= 15 is 0 Å². The Labute approximate surface area is 119 Å². The van der Waals surface area contributed by atoms with Gasteiger partial charge in [0.2, 0.25) is 0 Å². The van der Waals surface area contributed by atoms with Crippen molar-refractivity contribution in [1.82, 2.24) is 4.98 Å². The summed E-state index contributed by atoms with van der Waals surface area (Å²) < 4.78 is 44.4. The molecule has 2 heterocycles. The number of nitrogens with zero attached hydrogens (tertiary/aromatic N) is 1. The first-order valence-electron chi connectivity index (χ1n) is 6.66. The van der Waals surface area contributed by atoms with Crippen LogP contribution in [-0.4, -0.2) is 10.1 Å². The van der Waals surface area contributed by atoms with Crippen LogP contribution in [0.3, 0.4) is 0 Å². The van der Waals surface area contributed by atoms with Gasteiger partial charge in [-0.05, 0) is 30.5 Å². The van der Waals surface area contributed by atoms with E-state index in [9.17, 15) is 18.3 Å². The third-order valence-corrected chi connectivity index (χ3v) is 3.84. The molecule has 112 valence electrons. The Balaban J connectivity index is 1.92. The Bertz CT molecular complexity index is 650. The largest absolute Gasteiger partial charge is 0.463 e. The van der Waals surface area contributed by atoms with E-state index in [0.29, 0.717) is 17.6 Å². The monoisotopic (exact) mass is 297 g/mol. The van der Waals surface area contributed by atoms with E-state index in [1.807, 2.05) is 0 Å². The molecule has 6 heteroatoms. The Morgan fingerprint density at radius 3 is 2.67 bits per heavy atom. The summed E-state index contributed by atoms with van der Waals surface area (Å²) in [5, 5.41) is 10.2. The third-order valence-electron chi connectivity index (χ3n) is 3.84. The van der Waals surface area contributed by atoms with Crippen LogP contribution in [0.15, 0.2) is 35.0 Å². The maximum Gasteiger partial charge on any atom is 0.416 e. The van der Waals surface area contributed by atoms with Crippen molar-refractivity contribution in [1.29, 1.82) is 0 Å². The van der Waals surface area contributed by atoms with Crippen LogP contribution in [0, 0.1) is 5.92 Å². The fourth-order valence-corrected chi connectivity index (χ4v) is 2.47. The van der Waals surface area contributed by atoms with E-state index in [1.54, 1.807) is 6.07 Å². The average Bonchev–Trinajstić information content (AvgIpc) is 2.98. The molecular weight excluding hydrogens is 283 g/mol. The van der Waals surface area contributed by atoms with Gasteiger partial charge in [0.25, 0.3) is 0 Å². The first-order chi connectivity index (χ1) is 9.88. The Kier molecular flexibility index (Phi) is 3.28. The van der Waals surface area contributed by atoms with Crippen molar-refractivity contribution in [2.24, 2.45) is 5.92 Å². The second kappa shape index (κ2) is 4.87. The van der Waals surface area contributed by atoms with Gasteiger partial charge in [-0.3, -0.25) is 4.98 Å². The molecule has 0 bridgehead atoms. The van der Waals surface area contributed by atoms with E-state index in [4.69, 9.17) is 4.42 Å². The zero-order valence-corrected chi connectivity index (χ0v) is 11.3. The highest BCUT2D eigenvalue weighted by Gasteiger charge is 2.38. The van der Waals surface area contributed by atoms with Crippen LogP contribution in [0.2, 0.25) is 0 Å². The molecule has 1 fully saturated rings. The van der Waals surface area contributed by atoms with Crippen molar-refractivity contribution in [3.8, 4) is 0 Å². The lowest BCUT2D eigenvalue weighted by Crippen LogP contribution is -2.12. The number of pyridine rings is 1. The van der Waals surface area contributed by atoms with Crippen LogP contribution < -0.4 is 0 Å². The summed E-state index contributed by atoms with van der Waals surface area (Å²) in [6, 6.07) is 4.10. The number of aliphatic hydroxyl groups excluding tert-OH is 1. The van der Waals surface area contributed by atoms with Gasteiger partial charge >= 0.3 is 6.18 Å². The van der Waals surface area contributed by atoms with Gasteiger partial charge in [-0.15, -0.1) is 0 Å². The molecule has 2 aromatic rings. The van der Waals surface area contributed by atoms with E-state index in [2.05, 4.69) is 11.9 Å². The van der Waals surface area contributed by atoms with Gasteiger partial charge in [-0.1, -0.05) is 6.92 Å². The van der Waals surface area contributed by atoms with Gasteiger partial charge in [0, 0.05) is 23.9 Å². The first-order valence-corrected chi connectivity index (χ1v) is 6.66. The molecule has 21 heavy (non-hydrogen) atoms. The fourth-order valence-electron chi connectivity index (χ4n) is 2.47. The van der Waals surface area contributed by atoms with Gasteiger partial charge in [0.1, 0.15) is 17.6 Å². The topological polar surface area (TPSA) is 46.3 Å². The van der Waals surface area contributed by atoms with Crippen molar-refractivity contribution in [2.45, 2.75) is 31.5 Å². The quantitative estimate of drug-likeness (QED) is 0.934. The van der Waals surface area contributed by atoms with Gasteiger partial charge in [-0.25, -0.2) is 0 Å². The Morgan fingerprint density at radius 1 is 1.33 bits per heavy atom. The standard InChI is InChI=1S/C15H14F3NO2/c1-8-6-9(8)12-2-3-13(21-12)14(20)10-7-19-5-4-11(10)15(16,17)18/h2-5,7-9,14,20H,6H2,1H3. The lowest BCUT2D eigenvalue weighted by atomic mass is 10.0. The summed E-state index contributed by atoms with van der Waals surface area (Å²) in [5.41, 5.74) is -1.20. The lowest BCUT2D eigenvalue weighted by Gasteiger charge is -2.15. The van der Waals surface area contributed by atoms with Crippen LogP contribution in [0.1, 0.15) is 48.0 Å². The normalized spacial score (nSPS) is 23.1. The summed E-state index contributed by atoms with van der Waals surface area (Å²) in [6.07, 6.45) is -2.93. The number of hydrogen-bond acceptors (Lipinski definition) is 3. The van der Waals surface area contributed by atoms with Crippen molar-refractivity contribution in [3.63, 3.8) is 0 Å². The highest BCUT2D eigenvalue weighted by Crippen LogP contribution is 2.48. The van der Waals surface area contributed by atoms with E-state index < -0.39 is 17.8 Å². The molecule has 3 rings (SSSR count). The summed E-state index contributed by atoms with van der Waals surface area (Å²) in [5.74, 6) is 1.66. The SMILES string of the molecule is CC1CC1c1ccc(C(O)c2cnccc2C(F)(F)F)o1. The minimum Gasteiger partial charge on any atom is -0.463 e. The predicted molar refractivity (Wildman–Crippen MR) is 68.5 cm³/mol. The van der Waals surface area contributed by atoms with E-state index in [0.717, 1.165) is 24.9 Å². The van der Waals surface area contributed by atoms with Crippen LogP contribution in [-0.2, 0) is 6.18 Å². The van der Waals surface area contributed by atoms with Crippen molar-refractivity contribution < 1.29 is 22.7 Å². The zero-order valence-electron chi connectivity index (χ0n) is 11.3. The minimum absolute atomic E-state index is 0.114. The van der Waals surface area contributed by atoms with Crippen molar-refractivity contribution in [3.05, 3.63) is 53.2 Å². The molecule has 3 atom stereocenters.